The van der Waals surface area contributed by atoms with E-state index in [0.717, 1.165) is 29.0 Å². The van der Waals surface area contributed by atoms with Crippen molar-refractivity contribution in [1.29, 1.82) is 0 Å². The summed E-state index contributed by atoms with van der Waals surface area (Å²) in [5, 5.41) is 4.12. The third-order valence-corrected chi connectivity index (χ3v) is 3.25. The number of nitrogens with zero attached hydrogens (tertiary/aromatic N) is 2. The van der Waals surface area contributed by atoms with Crippen LogP contribution in [-0.4, -0.2) is 21.4 Å². The molecule has 1 aromatic heterocycles. The highest BCUT2D eigenvalue weighted by Gasteiger charge is 2.05. The van der Waals surface area contributed by atoms with Crippen molar-refractivity contribution in [3.63, 3.8) is 0 Å². The normalized spacial score (nSPS) is 10.4. The highest BCUT2D eigenvalue weighted by molar-refractivity contribution is 7.80. The molecule has 0 fully saturated rings. The van der Waals surface area contributed by atoms with Crippen molar-refractivity contribution in [3.8, 4) is 5.75 Å². The van der Waals surface area contributed by atoms with Gasteiger partial charge in [-0.2, -0.15) is 5.10 Å². The molecule has 0 unspecified atom stereocenters. The van der Waals surface area contributed by atoms with E-state index in [4.69, 9.17) is 22.7 Å². The van der Waals surface area contributed by atoms with Crippen molar-refractivity contribution in [2.24, 2.45) is 12.8 Å². The van der Waals surface area contributed by atoms with E-state index in [2.05, 4.69) is 5.10 Å². The van der Waals surface area contributed by atoms with Gasteiger partial charge in [0.15, 0.2) is 0 Å². The van der Waals surface area contributed by atoms with E-state index in [1.807, 2.05) is 42.9 Å². The molecular weight excluding hydrogens is 258 g/mol. The lowest BCUT2D eigenvalue weighted by Crippen LogP contribution is -2.11. The number of hydrogen-bond donors (Lipinski definition) is 1. The molecule has 0 bridgehead atoms. The van der Waals surface area contributed by atoms with E-state index in [1.165, 1.54) is 0 Å². The van der Waals surface area contributed by atoms with Crippen LogP contribution in [-0.2, 0) is 13.5 Å². The summed E-state index contributed by atoms with van der Waals surface area (Å²) in [5.41, 5.74) is 8.67. The Morgan fingerprint density at radius 1 is 1.42 bits per heavy atom. The number of aromatic nitrogens is 2. The van der Waals surface area contributed by atoms with E-state index >= 15 is 0 Å². The number of benzene rings is 1. The maximum atomic E-state index is 5.80. The molecule has 4 nitrogen and oxygen atoms in total. The molecule has 19 heavy (non-hydrogen) atoms. The number of rotatable bonds is 5. The zero-order valence-electron chi connectivity index (χ0n) is 11.1. The Hall–Kier alpha value is -1.88. The maximum Gasteiger partial charge on any atom is 0.122 e. The molecule has 2 N–H and O–H groups in total. The van der Waals surface area contributed by atoms with E-state index in [9.17, 15) is 0 Å². The van der Waals surface area contributed by atoms with Gasteiger partial charge in [0, 0.05) is 30.9 Å². The molecule has 2 aromatic rings. The van der Waals surface area contributed by atoms with Crippen LogP contribution in [0.2, 0.25) is 0 Å². The van der Waals surface area contributed by atoms with Crippen LogP contribution in [0.15, 0.2) is 30.5 Å². The van der Waals surface area contributed by atoms with Crippen molar-refractivity contribution < 1.29 is 4.74 Å². The fraction of sp³-hybridized carbons (Fsp3) is 0.286. The smallest absolute Gasteiger partial charge is 0.122 e. The lowest BCUT2D eigenvalue weighted by Gasteiger charge is -2.10. The minimum Gasteiger partial charge on any atom is -0.493 e. The lowest BCUT2D eigenvalue weighted by molar-refractivity contribution is 0.316. The number of thiocarbonyl (C=S) groups is 1. The minimum atomic E-state index is 0.386. The van der Waals surface area contributed by atoms with Gasteiger partial charge >= 0.3 is 0 Å². The second kappa shape index (κ2) is 5.84. The van der Waals surface area contributed by atoms with Gasteiger partial charge in [0.1, 0.15) is 10.7 Å². The van der Waals surface area contributed by atoms with Crippen LogP contribution in [0.1, 0.15) is 16.8 Å². The third kappa shape index (κ3) is 3.32. The molecule has 0 amide bonds. The van der Waals surface area contributed by atoms with Crippen LogP contribution in [0.25, 0.3) is 0 Å². The first-order valence-electron chi connectivity index (χ1n) is 6.08. The van der Waals surface area contributed by atoms with Crippen molar-refractivity contribution >= 4 is 17.2 Å². The standard InChI is InChI=1S/C14H17N3OS/c1-10-3-4-11(14(15)19)9-13(10)18-8-6-12-5-7-16-17(12)2/h3-5,7,9H,6,8H2,1-2H3,(H2,15,19). The van der Waals surface area contributed by atoms with Gasteiger partial charge < -0.3 is 10.5 Å². The summed E-state index contributed by atoms with van der Waals surface area (Å²) in [5.74, 6) is 0.826. The quantitative estimate of drug-likeness (QED) is 0.848. The average molecular weight is 275 g/mol. The summed E-state index contributed by atoms with van der Waals surface area (Å²) >= 11 is 4.97. The molecular formula is C14H17N3OS. The zero-order chi connectivity index (χ0) is 13.8. The molecule has 0 aliphatic rings. The van der Waals surface area contributed by atoms with E-state index < -0.39 is 0 Å². The van der Waals surface area contributed by atoms with Gasteiger partial charge in [-0.1, -0.05) is 24.4 Å². The monoisotopic (exact) mass is 275 g/mol. The summed E-state index contributed by atoms with van der Waals surface area (Å²) in [7, 11) is 1.92. The van der Waals surface area contributed by atoms with E-state index in [1.54, 1.807) is 6.20 Å². The summed E-state index contributed by atoms with van der Waals surface area (Å²) in [6.07, 6.45) is 2.60. The van der Waals surface area contributed by atoms with E-state index in [0.29, 0.717) is 11.6 Å². The first-order chi connectivity index (χ1) is 9.08. The van der Waals surface area contributed by atoms with Crippen LogP contribution in [0.5, 0.6) is 5.75 Å². The van der Waals surface area contributed by atoms with Crippen molar-refractivity contribution in [2.75, 3.05) is 6.61 Å². The Labute approximate surface area is 118 Å². The summed E-state index contributed by atoms with van der Waals surface area (Å²) in [6, 6.07) is 7.75. The fourth-order valence-corrected chi connectivity index (χ4v) is 1.95. The molecule has 0 radical (unpaired) electrons. The van der Waals surface area contributed by atoms with Crippen LogP contribution in [0.3, 0.4) is 0 Å². The Morgan fingerprint density at radius 2 is 2.21 bits per heavy atom. The first-order valence-corrected chi connectivity index (χ1v) is 6.49. The van der Waals surface area contributed by atoms with E-state index in [-0.39, 0.29) is 0 Å². The van der Waals surface area contributed by atoms with Gasteiger partial charge in [-0.3, -0.25) is 4.68 Å². The number of nitrogens with two attached hydrogens (primary N) is 1. The Morgan fingerprint density at radius 3 is 2.84 bits per heavy atom. The van der Waals surface area contributed by atoms with Crippen LogP contribution < -0.4 is 10.5 Å². The maximum absolute atomic E-state index is 5.80. The molecule has 100 valence electrons. The van der Waals surface area contributed by atoms with Gasteiger partial charge in [-0.15, -0.1) is 0 Å². The van der Waals surface area contributed by atoms with Crippen LogP contribution in [0, 0.1) is 6.92 Å². The molecule has 0 saturated heterocycles. The van der Waals surface area contributed by atoms with Gasteiger partial charge in [0.2, 0.25) is 0 Å². The minimum absolute atomic E-state index is 0.386. The molecule has 0 aliphatic heterocycles. The second-order valence-electron chi connectivity index (χ2n) is 4.39. The lowest BCUT2D eigenvalue weighted by atomic mass is 10.1. The van der Waals surface area contributed by atoms with Crippen molar-refractivity contribution in [2.45, 2.75) is 13.3 Å². The molecule has 0 atom stereocenters. The molecule has 1 heterocycles. The highest BCUT2D eigenvalue weighted by atomic mass is 32.1. The number of hydrogen-bond acceptors (Lipinski definition) is 3. The number of aryl methyl sites for hydroxylation is 2. The Balaban J connectivity index is 2.01. The first kappa shape index (κ1) is 13.5. The van der Waals surface area contributed by atoms with Gasteiger partial charge in [0.25, 0.3) is 0 Å². The third-order valence-electron chi connectivity index (χ3n) is 3.01. The topological polar surface area (TPSA) is 53.1 Å². The van der Waals surface area contributed by atoms with Crippen LogP contribution in [0.4, 0.5) is 0 Å². The summed E-state index contributed by atoms with van der Waals surface area (Å²) < 4.78 is 7.65. The number of ether oxygens (including phenoxy) is 1. The summed E-state index contributed by atoms with van der Waals surface area (Å²) in [4.78, 5) is 0.386. The predicted molar refractivity (Wildman–Crippen MR) is 79.5 cm³/mol. The highest BCUT2D eigenvalue weighted by Crippen LogP contribution is 2.19. The SMILES string of the molecule is Cc1ccc(C(N)=S)cc1OCCc1ccnn1C. The molecule has 0 aliphatic carbocycles. The second-order valence-corrected chi connectivity index (χ2v) is 4.83. The molecule has 5 heteroatoms. The largest absolute Gasteiger partial charge is 0.493 e. The zero-order valence-corrected chi connectivity index (χ0v) is 11.9. The summed E-state index contributed by atoms with van der Waals surface area (Å²) in [6.45, 7) is 2.60. The van der Waals surface area contributed by atoms with Crippen molar-refractivity contribution in [3.05, 3.63) is 47.3 Å². The van der Waals surface area contributed by atoms with Gasteiger partial charge in [-0.05, 0) is 24.6 Å². The van der Waals surface area contributed by atoms with Gasteiger partial charge in [0.05, 0.1) is 6.61 Å². The van der Waals surface area contributed by atoms with Gasteiger partial charge in [-0.25, -0.2) is 0 Å². The Kier molecular flexibility index (Phi) is 4.16. The molecule has 1 aromatic carbocycles. The fourth-order valence-electron chi connectivity index (χ4n) is 1.82. The molecule has 0 saturated carbocycles. The van der Waals surface area contributed by atoms with Crippen molar-refractivity contribution in [1.82, 2.24) is 9.78 Å². The van der Waals surface area contributed by atoms with Crippen LogP contribution >= 0.6 is 12.2 Å². The molecule has 0 spiro atoms. The average Bonchev–Trinajstić information content (AvgIpc) is 2.77. The predicted octanol–water partition coefficient (Wildman–Crippen LogP) is 1.98. The molecule has 2 rings (SSSR count). The Bertz CT molecular complexity index is 592.